The lowest BCUT2D eigenvalue weighted by Crippen LogP contribution is -1.90. The van der Waals surface area contributed by atoms with E-state index in [1.54, 1.807) is 6.20 Å². The van der Waals surface area contributed by atoms with E-state index in [4.69, 9.17) is 5.26 Å². The first-order chi connectivity index (χ1) is 6.22. The number of fused-ring (bicyclic) bond motifs is 1. The topological polar surface area (TPSA) is 41.1 Å². The molecule has 2 heterocycles. The van der Waals surface area contributed by atoms with Crippen molar-refractivity contribution in [3.8, 4) is 6.07 Å². The summed E-state index contributed by atoms with van der Waals surface area (Å²) in [5.74, 6) is -0.455. The van der Waals surface area contributed by atoms with Crippen molar-refractivity contribution < 1.29 is 4.39 Å². The molecule has 2 rings (SSSR count). The molecule has 2 aromatic heterocycles. The van der Waals surface area contributed by atoms with Crippen LogP contribution in [0.1, 0.15) is 5.56 Å². The predicted octanol–water partition coefficient (Wildman–Crippen LogP) is 2.11. The summed E-state index contributed by atoms with van der Waals surface area (Å²) < 4.78 is 15.2. The van der Waals surface area contributed by atoms with E-state index in [1.165, 1.54) is 16.8 Å². The Morgan fingerprint density at radius 1 is 1.62 bits per heavy atom. The molecule has 0 bridgehead atoms. The van der Waals surface area contributed by atoms with Crippen molar-refractivity contribution in [2.75, 3.05) is 0 Å². The van der Waals surface area contributed by atoms with Crippen LogP contribution >= 0.6 is 15.9 Å². The summed E-state index contributed by atoms with van der Waals surface area (Å²) in [7, 11) is 0. The first kappa shape index (κ1) is 8.20. The van der Waals surface area contributed by atoms with Crippen LogP contribution in [0.5, 0.6) is 0 Å². The summed E-state index contributed by atoms with van der Waals surface area (Å²) in [6.07, 6.45) is 2.93. The lowest BCUT2D eigenvalue weighted by Gasteiger charge is -1.96. The smallest absolute Gasteiger partial charge is 0.151 e. The Morgan fingerprint density at radius 3 is 3.08 bits per heavy atom. The summed E-state index contributed by atoms with van der Waals surface area (Å²) >= 11 is 3.13. The molecule has 0 atom stereocenters. The number of nitrogens with zero attached hydrogens (tertiary/aromatic N) is 3. The van der Waals surface area contributed by atoms with Gasteiger partial charge in [-0.05, 0) is 22.0 Å². The lowest BCUT2D eigenvalue weighted by atomic mass is 10.3. The van der Waals surface area contributed by atoms with Crippen LogP contribution in [0, 0.1) is 17.1 Å². The third kappa shape index (κ3) is 1.19. The number of rotatable bonds is 0. The largest absolute Gasteiger partial charge is 0.235 e. The van der Waals surface area contributed by atoms with Crippen molar-refractivity contribution in [1.29, 1.82) is 5.26 Å². The van der Waals surface area contributed by atoms with Gasteiger partial charge in [0.1, 0.15) is 17.1 Å². The lowest BCUT2D eigenvalue weighted by molar-refractivity contribution is 0.629. The van der Waals surface area contributed by atoms with Crippen molar-refractivity contribution in [2.45, 2.75) is 0 Å². The number of hydrogen-bond acceptors (Lipinski definition) is 2. The molecule has 2 aromatic rings. The first-order valence-corrected chi connectivity index (χ1v) is 4.24. The van der Waals surface area contributed by atoms with Crippen molar-refractivity contribution in [3.05, 3.63) is 34.3 Å². The maximum absolute atomic E-state index is 13.3. The molecule has 0 unspecified atom stereocenters. The van der Waals surface area contributed by atoms with E-state index in [9.17, 15) is 4.39 Å². The minimum atomic E-state index is -0.455. The number of pyridine rings is 1. The van der Waals surface area contributed by atoms with Crippen molar-refractivity contribution >= 4 is 21.4 Å². The number of aromatic nitrogens is 2. The summed E-state index contributed by atoms with van der Waals surface area (Å²) in [4.78, 5) is 0. The Morgan fingerprint density at radius 2 is 2.38 bits per heavy atom. The summed E-state index contributed by atoms with van der Waals surface area (Å²) in [6, 6.07) is 3.18. The molecule has 0 radical (unpaired) electrons. The molecule has 0 N–H and O–H groups in total. The van der Waals surface area contributed by atoms with Gasteiger partial charge in [0.25, 0.3) is 0 Å². The third-order valence-electron chi connectivity index (χ3n) is 1.65. The molecule has 0 saturated heterocycles. The maximum atomic E-state index is 13.3. The van der Waals surface area contributed by atoms with Gasteiger partial charge in [-0.25, -0.2) is 8.91 Å². The second-order valence-corrected chi connectivity index (χ2v) is 3.39. The molecular weight excluding hydrogens is 237 g/mol. The summed E-state index contributed by atoms with van der Waals surface area (Å²) in [6.45, 7) is 0. The Bertz CT molecular complexity index is 512. The van der Waals surface area contributed by atoms with Gasteiger partial charge in [-0.3, -0.25) is 0 Å². The predicted molar refractivity (Wildman–Crippen MR) is 47.6 cm³/mol. The molecule has 0 aliphatic heterocycles. The monoisotopic (exact) mass is 239 g/mol. The minimum absolute atomic E-state index is 0.214. The number of hydrogen-bond donors (Lipinski definition) is 0. The van der Waals surface area contributed by atoms with Gasteiger partial charge in [-0.15, -0.1) is 0 Å². The zero-order valence-electron chi connectivity index (χ0n) is 6.33. The molecule has 0 amide bonds. The maximum Gasteiger partial charge on any atom is 0.151 e. The number of nitriles is 1. The fourth-order valence-corrected chi connectivity index (χ4v) is 1.52. The van der Waals surface area contributed by atoms with E-state index in [1.807, 2.05) is 6.07 Å². The Labute approximate surface area is 81.5 Å². The molecule has 0 spiro atoms. The van der Waals surface area contributed by atoms with Crippen LogP contribution in [0.2, 0.25) is 0 Å². The van der Waals surface area contributed by atoms with E-state index >= 15 is 0 Å². The van der Waals surface area contributed by atoms with Crippen LogP contribution in [-0.4, -0.2) is 9.61 Å². The van der Waals surface area contributed by atoms with E-state index in [0.29, 0.717) is 4.47 Å². The van der Waals surface area contributed by atoms with Crippen LogP contribution < -0.4 is 0 Å². The molecule has 0 aliphatic carbocycles. The molecule has 0 fully saturated rings. The SMILES string of the molecule is N#Cc1cnn2cc(Br)cc(F)c12. The summed E-state index contributed by atoms with van der Waals surface area (Å²) in [5.41, 5.74) is 0.454. The van der Waals surface area contributed by atoms with E-state index in [2.05, 4.69) is 21.0 Å². The molecule has 64 valence electrons. The standard InChI is InChI=1S/C8H3BrFN3/c9-6-1-7(10)8-5(2-11)3-12-13(8)4-6/h1,3-4H. The zero-order valence-corrected chi connectivity index (χ0v) is 7.92. The Balaban J connectivity index is 2.92. The Hall–Kier alpha value is -1.41. The minimum Gasteiger partial charge on any atom is -0.235 e. The highest BCUT2D eigenvalue weighted by Gasteiger charge is 2.09. The second kappa shape index (κ2) is 2.82. The molecular formula is C8H3BrFN3. The van der Waals surface area contributed by atoms with Gasteiger partial charge in [0, 0.05) is 10.7 Å². The average molecular weight is 240 g/mol. The van der Waals surface area contributed by atoms with E-state index in [-0.39, 0.29) is 11.1 Å². The molecule has 13 heavy (non-hydrogen) atoms. The second-order valence-electron chi connectivity index (χ2n) is 2.47. The van der Waals surface area contributed by atoms with Crippen LogP contribution in [0.3, 0.4) is 0 Å². The van der Waals surface area contributed by atoms with E-state index < -0.39 is 5.82 Å². The molecule has 0 aromatic carbocycles. The molecule has 3 nitrogen and oxygen atoms in total. The third-order valence-corrected chi connectivity index (χ3v) is 2.09. The highest BCUT2D eigenvalue weighted by Crippen LogP contribution is 2.18. The van der Waals surface area contributed by atoms with Gasteiger partial charge in [0.15, 0.2) is 5.82 Å². The van der Waals surface area contributed by atoms with Crippen molar-refractivity contribution in [3.63, 3.8) is 0 Å². The van der Waals surface area contributed by atoms with Gasteiger partial charge in [0.05, 0.1) is 6.20 Å². The van der Waals surface area contributed by atoms with Gasteiger partial charge >= 0.3 is 0 Å². The normalized spacial score (nSPS) is 10.2. The van der Waals surface area contributed by atoms with Crippen LogP contribution in [0.25, 0.3) is 5.52 Å². The van der Waals surface area contributed by atoms with E-state index in [0.717, 1.165) is 0 Å². The molecule has 5 heteroatoms. The highest BCUT2D eigenvalue weighted by atomic mass is 79.9. The Kier molecular flexibility index (Phi) is 1.78. The van der Waals surface area contributed by atoms with Gasteiger partial charge in [0.2, 0.25) is 0 Å². The van der Waals surface area contributed by atoms with Crippen molar-refractivity contribution in [2.24, 2.45) is 0 Å². The van der Waals surface area contributed by atoms with Crippen LogP contribution in [0.15, 0.2) is 22.9 Å². The zero-order chi connectivity index (χ0) is 9.42. The fourth-order valence-electron chi connectivity index (χ4n) is 1.12. The summed E-state index contributed by atoms with van der Waals surface area (Å²) in [5, 5.41) is 12.5. The van der Waals surface area contributed by atoms with Gasteiger partial charge < -0.3 is 0 Å². The van der Waals surface area contributed by atoms with Crippen LogP contribution in [0.4, 0.5) is 4.39 Å². The van der Waals surface area contributed by atoms with Gasteiger partial charge in [-0.1, -0.05) is 0 Å². The average Bonchev–Trinajstić information content (AvgIpc) is 2.47. The quantitative estimate of drug-likeness (QED) is 0.707. The first-order valence-electron chi connectivity index (χ1n) is 3.45. The highest BCUT2D eigenvalue weighted by molar-refractivity contribution is 9.10. The van der Waals surface area contributed by atoms with Crippen LogP contribution in [-0.2, 0) is 0 Å². The molecule has 0 saturated carbocycles. The number of halogens is 2. The van der Waals surface area contributed by atoms with Gasteiger partial charge in [-0.2, -0.15) is 10.4 Å². The molecule has 0 aliphatic rings. The van der Waals surface area contributed by atoms with Crippen molar-refractivity contribution in [1.82, 2.24) is 9.61 Å². The fraction of sp³-hybridized carbons (Fsp3) is 0.